The predicted octanol–water partition coefficient (Wildman–Crippen LogP) is 3.07. The SMILES string of the molecule is C#C[C@@]1(C)C[C@H](n2ccc3c(Cl)nc(Cl)nc32)C[C@H]1O. The number of aliphatic hydroxyl groups excluding tert-OH is 1. The lowest BCUT2D eigenvalue weighted by Crippen LogP contribution is -2.23. The Morgan fingerprint density at radius 3 is 2.90 bits per heavy atom. The van der Waals surface area contributed by atoms with Crippen molar-refractivity contribution in [2.75, 3.05) is 0 Å². The first-order chi connectivity index (χ1) is 9.44. The molecule has 0 spiro atoms. The third-order valence-electron chi connectivity index (χ3n) is 4.11. The zero-order valence-corrected chi connectivity index (χ0v) is 12.4. The van der Waals surface area contributed by atoms with E-state index < -0.39 is 11.5 Å². The Hall–Kier alpha value is -1.28. The van der Waals surface area contributed by atoms with Crippen LogP contribution in [0.1, 0.15) is 25.8 Å². The van der Waals surface area contributed by atoms with Crippen molar-refractivity contribution in [1.82, 2.24) is 14.5 Å². The summed E-state index contributed by atoms with van der Waals surface area (Å²) in [4.78, 5) is 8.17. The molecule has 1 aliphatic carbocycles. The molecule has 4 nitrogen and oxygen atoms in total. The van der Waals surface area contributed by atoms with Gasteiger partial charge < -0.3 is 9.67 Å². The van der Waals surface area contributed by atoms with E-state index in [4.69, 9.17) is 29.6 Å². The number of hydrogen-bond donors (Lipinski definition) is 1. The van der Waals surface area contributed by atoms with Crippen LogP contribution in [0.5, 0.6) is 0 Å². The Bertz CT molecular complexity index is 721. The van der Waals surface area contributed by atoms with Crippen LogP contribution >= 0.6 is 23.2 Å². The van der Waals surface area contributed by atoms with E-state index in [1.54, 1.807) is 0 Å². The molecule has 6 heteroatoms. The third-order valence-corrected chi connectivity index (χ3v) is 4.57. The second kappa shape index (κ2) is 4.63. The number of fused-ring (bicyclic) bond motifs is 1. The Balaban J connectivity index is 2.07. The van der Waals surface area contributed by atoms with Gasteiger partial charge in [-0.05, 0) is 37.4 Å². The van der Waals surface area contributed by atoms with Crippen molar-refractivity contribution in [3.8, 4) is 12.3 Å². The molecule has 2 aromatic heterocycles. The lowest BCUT2D eigenvalue weighted by molar-refractivity contribution is 0.104. The van der Waals surface area contributed by atoms with Crippen LogP contribution in [-0.4, -0.2) is 25.7 Å². The molecule has 0 aliphatic heterocycles. The highest BCUT2D eigenvalue weighted by molar-refractivity contribution is 6.35. The van der Waals surface area contributed by atoms with Gasteiger partial charge in [-0.25, -0.2) is 4.98 Å². The maximum Gasteiger partial charge on any atom is 0.225 e. The van der Waals surface area contributed by atoms with E-state index in [9.17, 15) is 5.11 Å². The number of halogens is 2. The minimum atomic E-state index is -0.525. The van der Waals surface area contributed by atoms with Gasteiger partial charge in [0.25, 0.3) is 0 Å². The summed E-state index contributed by atoms with van der Waals surface area (Å²) < 4.78 is 1.97. The Kier molecular flexibility index (Phi) is 3.17. The second-order valence-electron chi connectivity index (χ2n) is 5.41. The van der Waals surface area contributed by atoms with E-state index in [0.717, 1.165) is 5.39 Å². The number of aromatic nitrogens is 3. The van der Waals surface area contributed by atoms with Gasteiger partial charge in [0.15, 0.2) is 0 Å². The van der Waals surface area contributed by atoms with Gasteiger partial charge in [0.05, 0.1) is 16.9 Å². The van der Waals surface area contributed by atoms with Crippen molar-refractivity contribution in [3.05, 3.63) is 22.7 Å². The summed E-state index contributed by atoms with van der Waals surface area (Å²) in [5.74, 6) is 2.70. The molecule has 104 valence electrons. The molecule has 0 radical (unpaired) electrons. The first-order valence-corrected chi connectivity index (χ1v) is 7.05. The smallest absolute Gasteiger partial charge is 0.225 e. The van der Waals surface area contributed by atoms with Gasteiger partial charge in [0.2, 0.25) is 5.28 Å². The average Bonchev–Trinajstić information content (AvgIpc) is 2.92. The van der Waals surface area contributed by atoms with Crippen LogP contribution in [0.2, 0.25) is 10.4 Å². The summed E-state index contributed by atoms with van der Waals surface area (Å²) in [6, 6.07) is 1.93. The Labute approximate surface area is 126 Å². The highest BCUT2D eigenvalue weighted by atomic mass is 35.5. The van der Waals surface area contributed by atoms with Crippen molar-refractivity contribution >= 4 is 34.2 Å². The molecule has 1 aliphatic rings. The van der Waals surface area contributed by atoms with Crippen molar-refractivity contribution in [2.24, 2.45) is 5.41 Å². The van der Waals surface area contributed by atoms with Crippen LogP contribution in [0.25, 0.3) is 11.0 Å². The quantitative estimate of drug-likeness (QED) is 0.500. The molecule has 20 heavy (non-hydrogen) atoms. The number of terminal acetylenes is 1. The molecule has 2 heterocycles. The maximum atomic E-state index is 10.2. The van der Waals surface area contributed by atoms with Crippen molar-refractivity contribution in [3.63, 3.8) is 0 Å². The highest BCUT2D eigenvalue weighted by Gasteiger charge is 2.42. The summed E-state index contributed by atoms with van der Waals surface area (Å²) >= 11 is 11.9. The van der Waals surface area contributed by atoms with E-state index in [1.165, 1.54) is 0 Å². The fourth-order valence-corrected chi connectivity index (χ4v) is 3.30. The van der Waals surface area contributed by atoms with Crippen molar-refractivity contribution < 1.29 is 5.11 Å². The normalized spacial score (nSPS) is 29.8. The topological polar surface area (TPSA) is 50.9 Å². The minimum absolute atomic E-state index is 0.0746. The molecule has 0 amide bonds. The molecule has 1 saturated carbocycles. The van der Waals surface area contributed by atoms with Crippen LogP contribution in [0.3, 0.4) is 0 Å². The first kappa shape index (κ1) is 13.7. The lowest BCUT2D eigenvalue weighted by atomic mass is 9.88. The van der Waals surface area contributed by atoms with E-state index >= 15 is 0 Å². The fraction of sp³-hybridized carbons (Fsp3) is 0.429. The number of aliphatic hydroxyl groups is 1. The number of hydrogen-bond acceptors (Lipinski definition) is 3. The summed E-state index contributed by atoms with van der Waals surface area (Å²) in [5, 5.41) is 11.4. The van der Waals surface area contributed by atoms with Crippen LogP contribution in [-0.2, 0) is 0 Å². The van der Waals surface area contributed by atoms with E-state index in [2.05, 4.69) is 15.9 Å². The summed E-state index contributed by atoms with van der Waals surface area (Å²) in [5.41, 5.74) is 0.162. The molecule has 0 aromatic carbocycles. The zero-order chi connectivity index (χ0) is 14.5. The van der Waals surface area contributed by atoms with E-state index in [0.29, 0.717) is 23.6 Å². The maximum absolute atomic E-state index is 10.2. The van der Waals surface area contributed by atoms with Crippen LogP contribution < -0.4 is 0 Å². The van der Waals surface area contributed by atoms with Crippen molar-refractivity contribution in [2.45, 2.75) is 31.9 Å². The van der Waals surface area contributed by atoms with Crippen molar-refractivity contribution in [1.29, 1.82) is 0 Å². The molecule has 3 atom stereocenters. The molecule has 1 N–H and O–H groups in total. The minimum Gasteiger partial charge on any atom is -0.391 e. The van der Waals surface area contributed by atoms with Gasteiger partial charge in [0.1, 0.15) is 10.8 Å². The summed E-state index contributed by atoms with van der Waals surface area (Å²) in [7, 11) is 0. The summed E-state index contributed by atoms with van der Waals surface area (Å²) in [6.07, 6.45) is 8.19. The molecule has 3 rings (SSSR count). The van der Waals surface area contributed by atoms with Crippen LogP contribution in [0.4, 0.5) is 0 Å². The number of nitrogens with zero attached hydrogens (tertiary/aromatic N) is 3. The van der Waals surface area contributed by atoms with Crippen LogP contribution in [0, 0.1) is 17.8 Å². The summed E-state index contributed by atoms with van der Waals surface area (Å²) in [6.45, 7) is 1.90. The van der Waals surface area contributed by atoms with Gasteiger partial charge >= 0.3 is 0 Å². The molecule has 0 bridgehead atoms. The monoisotopic (exact) mass is 309 g/mol. The predicted molar refractivity (Wildman–Crippen MR) is 78.8 cm³/mol. The highest BCUT2D eigenvalue weighted by Crippen LogP contribution is 2.44. The first-order valence-electron chi connectivity index (χ1n) is 6.30. The van der Waals surface area contributed by atoms with Gasteiger partial charge in [-0.3, -0.25) is 0 Å². The average molecular weight is 310 g/mol. The van der Waals surface area contributed by atoms with Gasteiger partial charge in [-0.15, -0.1) is 6.42 Å². The molecule has 1 fully saturated rings. The number of rotatable bonds is 1. The zero-order valence-electron chi connectivity index (χ0n) is 10.8. The van der Waals surface area contributed by atoms with Gasteiger partial charge in [-0.1, -0.05) is 17.5 Å². The third kappa shape index (κ3) is 1.98. The Morgan fingerprint density at radius 1 is 1.50 bits per heavy atom. The largest absolute Gasteiger partial charge is 0.391 e. The lowest BCUT2D eigenvalue weighted by Gasteiger charge is -2.20. The second-order valence-corrected chi connectivity index (χ2v) is 6.11. The van der Waals surface area contributed by atoms with Gasteiger partial charge in [0, 0.05) is 12.2 Å². The molecule has 0 unspecified atom stereocenters. The van der Waals surface area contributed by atoms with Gasteiger partial charge in [-0.2, -0.15) is 4.98 Å². The van der Waals surface area contributed by atoms with E-state index in [-0.39, 0.29) is 11.3 Å². The molecule has 0 saturated heterocycles. The fourth-order valence-electron chi connectivity index (χ4n) is 2.86. The molecule has 2 aromatic rings. The standard InChI is InChI=1S/C14H13Cl2N3O/c1-3-14(2)7-8(6-10(14)20)19-5-4-9-11(15)17-13(16)18-12(9)19/h1,4-5,8,10,20H,6-7H2,2H3/t8-,10-,14+/m1/s1. The Morgan fingerprint density at radius 2 is 2.25 bits per heavy atom. The molecular formula is C14H13Cl2N3O. The molecular weight excluding hydrogens is 297 g/mol. The van der Waals surface area contributed by atoms with Crippen LogP contribution in [0.15, 0.2) is 12.3 Å². The van der Waals surface area contributed by atoms with E-state index in [1.807, 2.05) is 23.8 Å².